The van der Waals surface area contributed by atoms with Crippen LogP contribution in [-0.4, -0.2) is 12.4 Å². The van der Waals surface area contributed by atoms with Crippen molar-refractivity contribution in [2.45, 2.75) is 44.7 Å². The zero-order chi connectivity index (χ0) is 20.6. The lowest BCUT2D eigenvalue weighted by atomic mass is 9.82. The number of hydrogen-bond donors (Lipinski definition) is 0. The molecular weight excluding hydrogens is 380 g/mol. The zero-order valence-electron chi connectivity index (χ0n) is 14.4. The third-order valence-corrected chi connectivity index (χ3v) is 4.36. The first-order chi connectivity index (χ1) is 12.4. The first-order valence-corrected chi connectivity index (χ1v) is 8.12. The van der Waals surface area contributed by atoms with Crippen LogP contribution in [-0.2, 0) is 18.5 Å². The Labute approximate surface area is 150 Å². The van der Waals surface area contributed by atoms with E-state index in [1.54, 1.807) is 0 Å². The minimum absolute atomic E-state index is 0.00367. The summed E-state index contributed by atoms with van der Waals surface area (Å²) < 4.78 is 109. The highest BCUT2D eigenvalue weighted by Crippen LogP contribution is 2.56. The highest BCUT2D eigenvalue weighted by Gasteiger charge is 2.74. The second-order valence-corrected chi connectivity index (χ2v) is 6.02. The maximum atomic E-state index is 14.9. The van der Waals surface area contributed by atoms with Crippen LogP contribution < -0.4 is 0 Å². The van der Waals surface area contributed by atoms with E-state index < -0.39 is 40.5 Å². The van der Waals surface area contributed by atoms with Gasteiger partial charge in [0.25, 0.3) is 0 Å². The average molecular weight is 396 g/mol. The number of rotatable bonds is 4. The fourth-order valence-corrected chi connectivity index (χ4v) is 2.97. The Bertz CT molecular complexity index is 803. The smallest absolute Gasteiger partial charge is 0.218 e. The molecule has 27 heavy (non-hydrogen) atoms. The Morgan fingerprint density at radius 1 is 0.778 bits per heavy atom. The summed E-state index contributed by atoms with van der Waals surface area (Å²) in [5.41, 5.74) is -8.40. The Morgan fingerprint density at radius 3 is 1.78 bits per heavy atom. The molecule has 0 amide bonds. The summed E-state index contributed by atoms with van der Waals surface area (Å²) >= 11 is 0. The lowest BCUT2D eigenvalue weighted by Crippen LogP contribution is -2.50. The van der Waals surface area contributed by atoms with Gasteiger partial charge in [-0.2, -0.15) is 26.3 Å². The molecule has 0 saturated heterocycles. The molecule has 0 atom stereocenters. The first kappa shape index (κ1) is 21.2. The molecule has 0 N–H and O–H groups in total. The van der Waals surface area contributed by atoms with E-state index in [1.807, 2.05) is 0 Å². The molecule has 0 aliphatic carbocycles. The van der Waals surface area contributed by atoms with E-state index >= 15 is 0 Å². The van der Waals surface area contributed by atoms with Gasteiger partial charge in [0.1, 0.15) is 5.82 Å². The largest absolute Gasteiger partial charge is 0.435 e. The van der Waals surface area contributed by atoms with Crippen molar-refractivity contribution < 1.29 is 35.1 Å². The summed E-state index contributed by atoms with van der Waals surface area (Å²) in [6.45, 7) is 3.01. The van der Waals surface area contributed by atoms with Crippen molar-refractivity contribution in [3.05, 3.63) is 58.9 Å². The lowest BCUT2D eigenvalue weighted by Gasteiger charge is -2.33. The van der Waals surface area contributed by atoms with E-state index in [-0.39, 0.29) is 24.0 Å². The van der Waals surface area contributed by atoms with Crippen molar-refractivity contribution in [3.63, 3.8) is 0 Å². The van der Waals surface area contributed by atoms with Crippen LogP contribution in [0.15, 0.2) is 36.4 Å². The quantitative estimate of drug-likeness (QED) is 0.493. The average Bonchev–Trinajstić information content (AvgIpc) is 2.58. The third kappa shape index (κ3) is 3.53. The molecule has 0 saturated carbocycles. The molecule has 0 spiro atoms. The maximum Gasteiger partial charge on any atom is 0.435 e. The second-order valence-electron chi connectivity index (χ2n) is 6.02. The van der Waals surface area contributed by atoms with E-state index in [2.05, 4.69) is 0 Å². The van der Waals surface area contributed by atoms with E-state index in [0.29, 0.717) is 6.07 Å². The predicted molar refractivity (Wildman–Crippen MR) is 85.5 cm³/mol. The molecule has 0 bridgehead atoms. The summed E-state index contributed by atoms with van der Waals surface area (Å²) in [7, 11) is 0. The standard InChI is InChI=1S/C19H16F8/c1-3-11-9-12(4-2)16(13-7-5-6-8-15(13)20)14(10-11)17(21,18(22,23)24)19(25,26)27/h5-10H,3-4H2,1-2H3. The van der Waals surface area contributed by atoms with E-state index in [9.17, 15) is 35.1 Å². The Kier molecular flexibility index (Phi) is 5.59. The van der Waals surface area contributed by atoms with Gasteiger partial charge in [0.15, 0.2) is 0 Å². The monoisotopic (exact) mass is 396 g/mol. The normalized spacial score (nSPS) is 13.1. The summed E-state index contributed by atoms with van der Waals surface area (Å²) in [4.78, 5) is 0. The van der Waals surface area contributed by atoms with Gasteiger partial charge in [-0.1, -0.05) is 44.2 Å². The van der Waals surface area contributed by atoms with Crippen LogP contribution in [0.2, 0.25) is 0 Å². The van der Waals surface area contributed by atoms with E-state index in [4.69, 9.17) is 0 Å². The van der Waals surface area contributed by atoms with Gasteiger partial charge in [0, 0.05) is 11.1 Å². The Morgan fingerprint density at radius 2 is 1.33 bits per heavy atom. The number of alkyl halides is 7. The number of hydrogen-bond acceptors (Lipinski definition) is 0. The summed E-state index contributed by atoms with van der Waals surface area (Å²) in [5.74, 6) is -1.04. The minimum atomic E-state index is -6.28. The molecule has 0 nitrogen and oxygen atoms in total. The summed E-state index contributed by atoms with van der Waals surface area (Å²) in [5, 5.41) is 0. The van der Waals surface area contributed by atoms with Crippen molar-refractivity contribution in [1.29, 1.82) is 0 Å². The topological polar surface area (TPSA) is 0 Å². The van der Waals surface area contributed by atoms with Gasteiger partial charge in [0.2, 0.25) is 0 Å². The van der Waals surface area contributed by atoms with Gasteiger partial charge in [-0.05, 0) is 35.6 Å². The van der Waals surface area contributed by atoms with Crippen LogP contribution in [0.1, 0.15) is 30.5 Å². The summed E-state index contributed by atoms with van der Waals surface area (Å²) in [6.07, 6.45) is -12.5. The van der Waals surface area contributed by atoms with Gasteiger partial charge < -0.3 is 0 Å². The zero-order valence-corrected chi connectivity index (χ0v) is 14.4. The molecule has 0 fully saturated rings. The fraction of sp³-hybridized carbons (Fsp3) is 0.368. The van der Waals surface area contributed by atoms with Crippen molar-refractivity contribution in [3.8, 4) is 11.1 Å². The Balaban J connectivity index is 3.04. The SMILES string of the molecule is CCc1cc(CC)c(-c2ccccc2F)c(C(F)(C(F)(F)F)C(F)(F)F)c1. The van der Waals surface area contributed by atoms with E-state index in [1.165, 1.54) is 32.0 Å². The minimum Gasteiger partial charge on any atom is -0.218 e. The van der Waals surface area contributed by atoms with Gasteiger partial charge in [-0.25, -0.2) is 8.78 Å². The molecule has 148 valence electrons. The van der Waals surface area contributed by atoms with Crippen LogP contribution in [0.4, 0.5) is 35.1 Å². The molecule has 0 aliphatic heterocycles. The molecule has 2 aromatic carbocycles. The van der Waals surface area contributed by atoms with Gasteiger partial charge in [0.05, 0.1) is 0 Å². The van der Waals surface area contributed by atoms with Crippen LogP contribution in [0.5, 0.6) is 0 Å². The molecule has 8 heteroatoms. The first-order valence-electron chi connectivity index (χ1n) is 8.12. The van der Waals surface area contributed by atoms with Crippen LogP contribution in [0.25, 0.3) is 11.1 Å². The molecule has 0 unspecified atom stereocenters. The van der Waals surface area contributed by atoms with Crippen molar-refractivity contribution in [2.75, 3.05) is 0 Å². The van der Waals surface area contributed by atoms with Crippen LogP contribution in [0.3, 0.4) is 0 Å². The number of halogens is 8. The molecule has 0 aliphatic rings. The molecule has 0 radical (unpaired) electrons. The predicted octanol–water partition coefficient (Wildman–Crippen LogP) is 6.91. The molecule has 2 aromatic rings. The van der Waals surface area contributed by atoms with Crippen molar-refractivity contribution in [1.82, 2.24) is 0 Å². The lowest BCUT2D eigenvalue weighted by molar-refractivity contribution is -0.348. The molecular formula is C19H16F8. The van der Waals surface area contributed by atoms with Crippen LogP contribution in [0, 0.1) is 5.82 Å². The second kappa shape index (κ2) is 7.13. The van der Waals surface area contributed by atoms with Gasteiger partial charge in [-0.3, -0.25) is 0 Å². The van der Waals surface area contributed by atoms with Crippen molar-refractivity contribution >= 4 is 0 Å². The molecule has 0 aromatic heterocycles. The van der Waals surface area contributed by atoms with Gasteiger partial charge in [-0.15, -0.1) is 0 Å². The third-order valence-electron chi connectivity index (χ3n) is 4.36. The summed E-state index contributed by atoms with van der Waals surface area (Å²) in [6, 6.07) is 6.33. The van der Waals surface area contributed by atoms with Crippen molar-refractivity contribution in [2.24, 2.45) is 0 Å². The fourth-order valence-electron chi connectivity index (χ4n) is 2.97. The van der Waals surface area contributed by atoms with Crippen LogP contribution >= 0.6 is 0 Å². The van der Waals surface area contributed by atoms with Gasteiger partial charge >= 0.3 is 18.0 Å². The molecule has 2 rings (SSSR count). The highest BCUT2D eigenvalue weighted by atomic mass is 19.4. The molecule has 0 heterocycles. The Hall–Kier alpha value is -2.12. The maximum absolute atomic E-state index is 14.9. The number of aryl methyl sites for hydroxylation is 2. The van der Waals surface area contributed by atoms with E-state index in [0.717, 1.165) is 12.1 Å². The highest BCUT2D eigenvalue weighted by molar-refractivity contribution is 5.74. The number of benzene rings is 2.